The zero-order valence-electron chi connectivity index (χ0n) is 11.6. The van der Waals surface area contributed by atoms with E-state index in [2.05, 4.69) is 5.32 Å². The van der Waals surface area contributed by atoms with Crippen LogP contribution in [-0.4, -0.2) is 23.0 Å². The summed E-state index contributed by atoms with van der Waals surface area (Å²) in [6, 6.07) is 5.72. The summed E-state index contributed by atoms with van der Waals surface area (Å²) >= 11 is 0. The van der Waals surface area contributed by atoms with E-state index in [0.29, 0.717) is 0 Å². The lowest BCUT2D eigenvalue weighted by molar-refractivity contribution is -0.138. The van der Waals surface area contributed by atoms with Crippen LogP contribution in [0.1, 0.15) is 37.7 Å². The van der Waals surface area contributed by atoms with Gasteiger partial charge < -0.3 is 10.4 Å². The second-order valence-electron chi connectivity index (χ2n) is 6.10. The third-order valence-electron chi connectivity index (χ3n) is 4.48. The van der Waals surface area contributed by atoms with Crippen LogP contribution in [0.25, 0.3) is 0 Å². The molecule has 1 aromatic rings. The van der Waals surface area contributed by atoms with E-state index in [1.54, 1.807) is 12.1 Å². The Bertz CT molecular complexity index is 561. The minimum Gasteiger partial charge on any atom is -0.481 e. The van der Waals surface area contributed by atoms with E-state index in [4.69, 9.17) is 5.11 Å². The second-order valence-corrected chi connectivity index (χ2v) is 6.10. The number of rotatable bonds is 6. The number of aliphatic carboxylic acids is 1. The van der Waals surface area contributed by atoms with Crippen LogP contribution < -0.4 is 5.32 Å². The van der Waals surface area contributed by atoms with Crippen molar-refractivity contribution < 1.29 is 19.1 Å². The number of carbonyl (C=O) groups excluding carboxylic acids is 1. The van der Waals surface area contributed by atoms with Crippen LogP contribution in [0.15, 0.2) is 24.3 Å². The van der Waals surface area contributed by atoms with E-state index >= 15 is 0 Å². The molecule has 4 nitrogen and oxygen atoms in total. The highest BCUT2D eigenvalue weighted by atomic mass is 19.1. The number of benzene rings is 1. The molecule has 1 aromatic carbocycles. The van der Waals surface area contributed by atoms with Crippen molar-refractivity contribution in [3.63, 3.8) is 0 Å². The van der Waals surface area contributed by atoms with Gasteiger partial charge in [0.2, 0.25) is 5.91 Å². The Morgan fingerprint density at radius 1 is 1.29 bits per heavy atom. The minimum absolute atomic E-state index is 0.0318. The number of amides is 1. The first-order chi connectivity index (χ1) is 10.0. The topological polar surface area (TPSA) is 66.4 Å². The van der Waals surface area contributed by atoms with E-state index in [1.807, 2.05) is 0 Å². The fourth-order valence-electron chi connectivity index (χ4n) is 2.87. The summed E-state index contributed by atoms with van der Waals surface area (Å²) in [7, 11) is 0. The van der Waals surface area contributed by atoms with Crippen LogP contribution in [0.4, 0.5) is 4.39 Å². The molecule has 0 radical (unpaired) electrons. The molecule has 2 saturated carbocycles. The molecule has 3 rings (SSSR count). The molecule has 2 aliphatic rings. The maximum Gasteiger partial charge on any atom is 0.305 e. The van der Waals surface area contributed by atoms with Gasteiger partial charge in [-0.05, 0) is 49.3 Å². The summed E-state index contributed by atoms with van der Waals surface area (Å²) in [5, 5.41) is 11.9. The standard InChI is InChI=1S/C16H18FNO3/c17-12-5-3-11(4-6-12)16(7-8-16)15(21)18-13(9-14(19)20)10-1-2-10/h3-6,10,13H,1-2,7-9H2,(H,18,21)(H,19,20). The van der Waals surface area contributed by atoms with Gasteiger partial charge in [-0.25, -0.2) is 4.39 Å². The van der Waals surface area contributed by atoms with Gasteiger partial charge in [-0.1, -0.05) is 12.1 Å². The van der Waals surface area contributed by atoms with Crippen LogP contribution >= 0.6 is 0 Å². The van der Waals surface area contributed by atoms with Gasteiger partial charge in [0.1, 0.15) is 5.82 Å². The van der Waals surface area contributed by atoms with Crippen molar-refractivity contribution in [3.8, 4) is 0 Å². The molecule has 1 atom stereocenters. The Kier molecular flexibility index (Phi) is 3.43. The lowest BCUT2D eigenvalue weighted by atomic mass is 9.94. The number of carboxylic acid groups (broad SMARTS) is 1. The molecule has 0 bridgehead atoms. The largest absolute Gasteiger partial charge is 0.481 e. The number of halogens is 1. The molecule has 2 aliphatic carbocycles. The summed E-state index contributed by atoms with van der Waals surface area (Å²) in [5.41, 5.74) is 0.227. The van der Waals surface area contributed by atoms with E-state index in [1.165, 1.54) is 12.1 Å². The molecule has 0 spiro atoms. The fourth-order valence-corrected chi connectivity index (χ4v) is 2.87. The Labute approximate surface area is 122 Å². The van der Waals surface area contributed by atoms with Crippen LogP contribution in [0, 0.1) is 11.7 Å². The third-order valence-corrected chi connectivity index (χ3v) is 4.48. The summed E-state index contributed by atoms with van der Waals surface area (Å²) < 4.78 is 13.0. The molecular formula is C16H18FNO3. The predicted octanol–water partition coefficient (Wildman–Crippen LogP) is 2.23. The zero-order valence-corrected chi connectivity index (χ0v) is 11.6. The Balaban J connectivity index is 1.72. The van der Waals surface area contributed by atoms with Crippen molar-refractivity contribution >= 4 is 11.9 Å². The summed E-state index contributed by atoms with van der Waals surface area (Å²) in [6.07, 6.45) is 3.38. The molecule has 0 aromatic heterocycles. The Morgan fingerprint density at radius 3 is 2.38 bits per heavy atom. The van der Waals surface area contributed by atoms with Crippen molar-refractivity contribution in [2.75, 3.05) is 0 Å². The smallest absolute Gasteiger partial charge is 0.305 e. The van der Waals surface area contributed by atoms with E-state index in [9.17, 15) is 14.0 Å². The Morgan fingerprint density at radius 2 is 1.90 bits per heavy atom. The monoisotopic (exact) mass is 291 g/mol. The van der Waals surface area contributed by atoms with Gasteiger partial charge in [0.05, 0.1) is 11.8 Å². The molecule has 1 amide bonds. The molecular weight excluding hydrogens is 273 g/mol. The number of hydrogen-bond donors (Lipinski definition) is 2. The first-order valence-corrected chi connectivity index (χ1v) is 7.30. The van der Waals surface area contributed by atoms with Gasteiger partial charge in [-0.15, -0.1) is 0 Å². The molecule has 2 N–H and O–H groups in total. The zero-order chi connectivity index (χ0) is 15.0. The normalized spacial score (nSPS) is 20.6. The number of hydrogen-bond acceptors (Lipinski definition) is 2. The minimum atomic E-state index is -0.890. The predicted molar refractivity (Wildman–Crippen MR) is 74.2 cm³/mol. The van der Waals surface area contributed by atoms with Crippen LogP contribution in [0.2, 0.25) is 0 Å². The summed E-state index contributed by atoms with van der Waals surface area (Å²) in [4.78, 5) is 23.4. The van der Waals surface area contributed by atoms with Crippen LogP contribution in [0.3, 0.4) is 0 Å². The molecule has 2 fully saturated rings. The lowest BCUT2D eigenvalue weighted by Gasteiger charge is -2.21. The van der Waals surface area contributed by atoms with Crippen LogP contribution in [-0.2, 0) is 15.0 Å². The van der Waals surface area contributed by atoms with Crippen molar-refractivity contribution in [2.24, 2.45) is 5.92 Å². The van der Waals surface area contributed by atoms with E-state index in [0.717, 1.165) is 31.2 Å². The van der Waals surface area contributed by atoms with Crippen molar-refractivity contribution in [2.45, 2.75) is 43.6 Å². The highest BCUT2D eigenvalue weighted by molar-refractivity contribution is 5.91. The molecule has 112 valence electrons. The van der Waals surface area contributed by atoms with Gasteiger partial charge in [-0.3, -0.25) is 9.59 Å². The van der Waals surface area contributed by atoms with E-state index in [-0.39, 0.29) is 30.1 Å². The summed E-state index contributed by atoms with van der Waals surface area (Å²) in [6.45, 7) is 0. The first kappa shape index (κ1) is 14.0. The van der Waals surface area contributed by atoms with Crippen LogP contribution in [0.5, 0.6) is 0 Å². The average molecular weight is 291 g/mol. The van der Waals surface area contributed by atoms with Gasteiger partial charge >= 0.3 is 5.97 Å². The van der Waals surface area contributed by atoms with Gasteiger partial charge in [0, 0.05) is 6.04 Å². The maximum atomic E-state index is 13.0. The van der Waals surface area contributed by atoms with E-state index < -0.39 is 11.4 Å². The van der Waals surface area contributed by atoms with Gasteiger partial charge in [0.25, 0.3) is 0 Å². The molecule has 5 heteroatoms. The number of nitrogens with one attached hydrogen (secondary N) is 1. The highest BCUT2D eigenvalue weighted by Gasteiger charge is 2.52. The summed E-state index contributed by atoms with van der Waals surface area (Å²) in [5.74, 6) is -1.04. The fraction of sp³-hybridized carbons (Fsp3) is 0.500. The molecule has 1 unspecified atom stereocenters. The maximum absolute atomic E-state index is 13.0. The Hall–Kier alpha value is -1.91. The van der Waals surface area contributed by atoms with Crippen molar-refractivity contribution in [1.82, 2.24) is 5.32 Å². The lowest BCUT2D eigenvalue weighted by Crippen LogP contribution is -2.43. The second kappa shape index (κ2) is 5.13. The molecule has 21 heavy (non-hydrogen) atoms. The average Bonchev–Trinajstić information content (AvgIpc) is 3.31. The van der Waals surface area contributed by atoms with Gasteiger partial charge in [0.15, 0.2) is 0 Å². The molecule has 0 heterocycles. The SMILES string of the molecule is O=C(O)CC(NC(=O)C1(c2ccc(F)cc2)CC1)C1CC1. The van der Waals surface area contributed by atoms with Crippen molar-refractivity contribution in [3.05, 3.63) is 35.6 Å². The molecule has 0 aliphatic heterocycles. The van der Waals surface area contributed by atoms with Crippen molar-refractivity contribution in [1.29, 1.82) is 0 Å². The third kappa shape index (κ3) is 2.91. The quantitative estimate of drug-likeness (QED) is 0.844. The van der Waals surface area contributed by atoms with Gasteiger partial charge in [-0.2, -0.15) is 0 Å². The first-order valence-electron chi connectivity index (χ1n) is 7.30. The number of carboxylic acids is 1. The number of carbonyl (C=O) groups is 2. The molecule has 0 saturated heterocycles. The highest BCUT2D eigenvalue weighted by Crippen LogP contribution is 2.49.